The first-order chi connectivity index (χ1) is 9.65. The SMILES string of the molecule is Cc1oncc1-c1cc(N)c(OC2CCCC2)cc1Cl. The van der Waals surface area contributed by atoms with Crippen molar-refractivity contribution in [2.75, 3.05) is 5.73 Å². The van der Waals surface area contributed by atoms with E-state index in [1.54, 1.807) is 12.3 Å². The second-order valence-corrected chi connectivity index (χ2v) is 5.60. The number of hydrogen-bond donors (Lipinski definition) is 1. The second kappa shape index (κ2) is 5.37. The number of ether oxygens (including phenoxy) is 1. The number of halogens is 1. The molecule has 0 amide bonds. The normalized spacial score (nSPS) is 15.7. The molecule has 3 rings (SSSR count). The highest BCUT2D eigenvalue weighted by atomic mass is 35.5. The van der Waals surface area contributed by atoms with Gasteiger partial charge in [-0.15, -0.1) is 0 Å². The Balaban J connectivity index is 1.92. The molecule has 1 aromatic heterocycles. The number of anilines is 1. The van der Waals surface area contributed by atoms with Gasteiger partial charge in [0.1, 0.15) is 11.5 Å². The largest absolute Gasteiger partial charge is 0.488 e. The molecule has 2 N–H and O–H groups in total. The van der Waals surface area contributed by atoms with Gasteiger partial charge in [-0.2, -0.15) is 0 Å². The Morgan fingerprint density at radius 3 is 2.70 bits per heavy atom. The Morgan fingerprint density at radius 1 is 1.30 bits per heavy atom. The zero-order chi connectivity index (χ0) is 14.1. The lowest BCUT2D eigenvalue weighted by molar-refractivity contribution is 0.211. The van der Waals surface area contributed by atoms with E-state index in [9.17, 15) is 0 Å². The predicted molar refractivity (Wildman–Crippen MR) is 79.0 cm³/mol. The van der Waals surface area contributed by atoms with Crippen LogP contribution in [0.4, 0.5) is 5.69 Å². The Morgan fingerprint density at radius 2 is 2.05 bits per heavy atom. The molecule has 1 aliphatic carbocycles. The molecule has 1 aliphatic rings. The van der Waals surface area contributed by atoms with Gasteiger partial charge in [-0.3, -0.25) is 0 Å². The summed E-state index contributed by atoms with van der Waals surface area (Å²) >= 11 is 6.35. The maximum atomic E-state index is 6.35. The van der Waals surface area contributed by atoms with E-state index in [1.165, 1.54) is 12.8 Å². The van der Waals surface area contributed by atoms with Crippen LogP contribution in [0, 0.1) is 6.92 Å². The zero-order valence-electron chi connectivity index (χ0n) is 11.4. The lowest BCUT2D eigenvalue weighted by atomic mass is 10.1. The van der Waals surface area contributed by atoms with Gasteiger partial charge in [0.05, 0.1) is 23.0 Å². The molecule has 1 saturated carbocycles. The Kier molecular flexibility index (Phi) is 3.57. The molecule has 106 valence electrons. The van der Waals surface area contributed by atoms with Crippen LogP contribution in [0.2, 0.25) is 5.02 Å². The van der Waals surface area contributed by atoms with Gasteiger partial charge < -0.3 is 15.0 Å². The van der Waals surface area contributed by atoms with Gasteiger partial charge in [0, 0.05) is 17.2 Å². The molecule has 0 atom stereocenters. The summed E-state index contributed by atoms with van der Waals surface area (Å²) in [5.74, 6) is 1.38. The van der Waals surface area contributed by atoms with Crippen LogP contribution in [-0.4, -0.2) is 11.3 Å². The van der Waals surface area contributed by atoms with Crippen molar-refractivity contribution in [3.8, 4) is 16.9 Å². The number of nitrogens with two attached hydrogens (primary N) is 1. The van der Waals surface area contributed by atoms with E-state index in [4.69, 9.17) is 26.6 Å². The average Bonchev–Trinajstić information content (AvgIpc) is 3.05. The topological polar surface area (TPSA) is 61.3 Å². The van der Waals surface area contributed by atoms with Crippen molar-refractivity contribution >= 4 is 17.3 Å². The van der Waals surface area contributed by atoms with E-state index < -0.39 is 0 Å². The number of nitrogens with zero attached hydrogens (tertiary/aromatic N) is 1. The van der Waals surface area contributed by atoms with Crippen molar-refractivity contribution in [2.24, 2.45) is 0 Å². The molecular formula is C15H17ClN2O2. The van der Waals surface area contributed by atoms with Gasteiger partial charge in [0.25, 0.3) is 0 Å². The van der Waals surface area contributed by atoms with E-state index in [1.807, 2.05) is 13.0 Å². The van der Waals surface area contributed by atoms with Crippen LogP contribution in [0.15, 0.2) is 22.9 Å². The summed E-state index contributed by atoms with van der Waals surface area (Å²) in [4.78, 5) is 0. The minimum absolute atomic E-state index is 0.261. The first kappa shape index (κ1) is 13.3. The van der Waals surface area contributed by atoms with E-state index >= 15 is 0 Å². The number of aromatic nitrogens is 1. The third kappa shape index (κ3) is 2.48. The molecule has 2 aromatic rings. The Hall–Kier alpha value is -1.68. The molecule has 0 unspecified atom stereocenters. The molecule has 0 bridgehead atoms. The molecule has 1 heterocycles. The number of benzene rings is 1. The van der Waals surface area contributed by atoms with Crippen LogP contribution in [0.1, 0.15) is 31.4 Å². The highest BCUT2D eigenvalue weighted by Gasteiger charge is 2.19. The highest BCUT2D eigenvalue weighted by molar-refractivity contribution is 6.33. The van der Waals surface area contributed by atoms with E-state index in [0.717, 1.165) is 29.7 Å². The van der Waals surface area contributed by atoms with Crippen LogP contribution >= 0.6 is 11.6 Å². The fraction of sp³-hybridized carbons (Fsp3) is 0.400. The number of aryl methyl sites for hydroxylation is 1. The van der Waals surface area contributed by atoms with E-state index in [-0.39, 0.29) is 6.10 Å². The summed E-state index contributed by atoms with van der Waals surface area (Å²) in [6, 6.07) is 3.61. The van der Waals surface area contributed by atoms with Gasteiger partial charge >= 0.3 is 0 Å². The van der Waals surface area contributed by atoms with Crippen molar-refractivity contribution in [3.63, 3.8) is 0 Å². The van der Waals surface area contributed by atoms with Crippen molar-refractivity contribution < 1.29 is 9.26 Å². The monoisotopic (exact) mass is 292 g/mol. The first-order valence-corrected chi connectivity index (χ1v) is 7.20. The van der Waals surface area contributed by atoms with Crippen LogP contribution < -0.4 is 10.5 Å². The third-order valence-corrected chi connectivity index (χ3v) is 4.05. The van der Waals surface area contributed by atoms with Gasteiger partial charge in [-0.05, 0) is 38.7 Å². The van der Waals surface area contributed by atoms with Crippen LogP contribution in [0.5, 0.6) is 5.75 Å². The molecular weight excluding hydrogens is 276 g/mol. The minimum Gasteiger partial charge on any atom is -0.488 e. The summed E-state index contributed by atoms with van der Waals surface area (Å²) in [7, 11) is 0. The molecule has 0 aliphatic heterocycles. The molecule has 5 heteroatoms. The Labute approximate surface area is 122 Å². The quantitative estimate of drug-likeness (QED) is 0.861. The van der Waals surface area contributed by atoms with Crippen molar-refractivity contribution in [2.45, 2.75) is 38.7 Å². The highest BCUT2D eigenvalue weighted by Crippen LogP contribution is 2.38. The maximum Gasteiger partial charge on any atom is 0.144 e. The predicted octanol–water partition coefficient (Wildman–Crippen LogP) is 4.21. The molecule has 20 heavy (non-hydrogen) atoms. The maximum absolute atomic E-state index is 6.35. The molecule has 1 fully saturated rings. The Bertz CT molecular complexity index is 618. The first-order valence-electron chi connectivity index (χ1n) is 6.82. The van der Waals surface area contributed by atoms with Crippen molar-refractivity contribution in [1.29, 1.82) is 0 Å². The summed E-state index contributed by atoms with van der Waals surface area (Å²) < 4.78 is 11.0. The van der Waals surface area contributed by atoms with Crippen molar-refractivity contribution in [3.05, 3.63) is 29.1 Å². The van der Waals surface area contributed by atoms with E-state index in [0.29, 0.717) is 16.5 Å². The average molecular weight is 293 g/mol. The fourth-order valence-corrected chi connectivity index (χ4v) is 2.88. The second-order valence-electron chi connectivity index (χ2n) is 5.19. The van der Waals surface area contributed by atoms with Gasteiger partial charge in [-0.25, -0.2) is 0 Å². The van der Waals surface area contributed by atoms with Gasteiger partial charge in [0.2, 0.25) is 0 Å². The molecule has 0 radical (unpaired) electrons. The summed E-state index contributed by atoms with van der Waals surface area (Å²) in [5.41, 5.74) is 8.36. The molecule has 0 spiro atoms. The number of rotatable bonds is 3. The molecule has 1 aromatic carbocycles. The minimum atomic E-state index is 0.261. The zero-order valence-corrected chi connectivity index (χ0v) is 12.1. The van der Waals surface area contributed by atoms with Crippen LogP contribution in [-0.2, 0) is 0 Å². The van der Waals surface area contributed by atoms with Crippen LogP contribution in [0.25, 0.3) is 11.1 Å². The third-order valence-electron chi connectivity index (χ3n) is 3.74. The fourth-order valence-electron chi connectivity index (χ4n) is 2.62. The number of hydrogen-bond acceptors (Lipinski definition) is 4. The van der Waals surface area contributed by atoms with Crippen molar-refractivity contribution in [1.82, 2.24) is 5.16 Å². The number of nitrogen functional groups attached to an aromatic ring is 1. The van der Waals surface area contributed by atoms with Gasteiger partial charge in [-0.1, -0.05) is 16.8 Å². The molecule has 0 saturated heterocycles. The van der Waals surface area contributed by atoms with Gasteiger partial charge in [0.15, 0.2) is 0 Å². The van der Waals surface area contributed by atoms with Crippen LogP contribution in [0.3, 0.4) is 0 Å². The van der Waals surface area contributed by atoms with E-state index in [2.05, 4.69) is 5.16 Å². The summed E-state index contributed by atoms with van der Waals surface area (Å²) in [5, 5.41) is 4.36. The standard InChI is InChI=1S/C15H17ClN2O2/c1-9-12(8-18-20-9)11-6-14(17)15(7-13(11)16)19-10-4-2-3-5-10/h6-8,10H,2-5,17H2,1H3. The summed E-state index contributed by atoms with van der Waals surface area (Å²) in [6.45, 7) is 1.85. The molecule has 4 nitrogen and oxygen atoms in total. The lowest BCUT2D eigenvalue weighted by Crippen LogP contribution is -2.12. The smallest absolute Gasteiger partial charge is 0.144 e. The lowest BCUT2D eigenvalue weighted by Gasteiger charge is -2.16. The summed E-state index contributed by atoms with van der Waals surface area (Å²) in [6.07, 6.45) is 6.52.